The van der Waals surface area contributed by atoms with Gasteiger partial charge >= 0.3 is 0 Å². The van der Waals surface area contributed by atoms with Crippen LogP contribution in [0.3, 0.4) is 0 Å². The lowest BCUT2D eigenvalue weighted by molar-refractivity contribution is -0.384. The average Bonchev–Trinajstić information content (AvgIpc) is 3.11. The van der Waals surface area contributed by atoms with Crippen molar-refractivity contribution in [3.05, 3.63) is 166 Å². The van der Waals surface area contributed by atoms with Crippen molar-refractivity contribution in [2.75, 3.05) is 17.7 Å². The molecule has 0 radical (unpaired) electrons. The molecule has 3 N–H and O–H groups in total. The smallest absolute Gasteiger partial charge is 0.272 e. The highest BCUT2D eigenvalue weighted by Gasteiger charge is 2.23. The van der Waals surface area contributed by atoms with Crippen molar-refractivity contribution in [2.24, 2.45) is 0 Å². The number of nitro groups is 1. The monoisotopic (exact) mass is 658 g/mol. The zero-order chi connectivity index (χ0) is 33.9. The second kappa shape index (κ2) is 15.9. The van der Waals surface area contributed by atoms with E-state index in [-0.39, 0.29) is 17.3 Å². The molecule has 5 aromatic rings. The Morgan fingerprint density at radius 2 is 1.44 bits per heavy atom. The number of hydrogen-bond acceptors (Lipinski definition) is 7. The Morgan fingerprint density at radius 1 is 0.771 bits per heavy atom. The Hall–Kier alpha value is -6.20. The molecule has 0 aromatic heterocycles. The number of hydrogen-bond donors (Lipinski definition) is 3. The number of nitrogens with one attached hydrogen (secondary N) is 3. The molecular formula is C37H30N4O6S. The standard InChI is InChI=1S/C37H30N4O6S/c1-47-31-21-17-28(18-22-31)38-37(44)34(26-9-4-2-5-10-26)48-32-14-8-13-29(24-32)39-36(43)33(40-35(42)27-11-6-3-7-12-27)23-25-15-19-30(20-16-25)41(45)46/h2-24,34H,1H3,(H,38,44)(H,39,43)(H,40,42)/b33-23+. The van der Waals surface area contributed by atoms with Crippen molar-refractivity contribution in [3.8, 4) is 5.75 Å². The number of nitro benzene ring substituents is 1. The maximum absolute atomic E-state index is 13.6. The number of anilines is 2. The van der Waals surface area contributed by atoms with E-state index in [1.165, 1.54) is 42.1 Å². The molecule has 5 rings (SSSR count). The van der Waals surface area contributed by atoms with Gasteiger partial charge in [0.1, 0.15) is 16.7 Å². The highest BCUT2D eigenvalue weighted by atomic mass is 32.2. The summed E-state index contributed by atoms with van der Waals surface area (Å²) in [6.07, 6.45) is 1.44. The summed E-state index contributed by atoms with van der Waals surface area (Å²) in [5, 5.41) is 18.9. The van der Waals surface area contributed by atoms with E-state index in [0.29, 0.717) is 33.1 Å². The molecule has 48 heavy (non-hydrogen) atoms. The van der Waals surface area contributed by atoms with Crippen LogP contribution in [-0.2, 0) is 9.59 Å². The number of non-ortho nitro benzene ring substituents is 1. The van der Waals surface area contributed by atoms with Gasteiger partial charge in [0.25, 0.3) is 17.5 Å². The Labute approximate surface area is 281 Å². The largest absolute Gasteiger partial charge is 0.497 e. The first-order valence-corrected chi connectivity index (χ1v) is 15.6. The molecule has 0 spiro atoms. The minimum atomic E-state index is -0.623. The third-order valence-electron chi connectivity index (χ3n) is 6.99. The lowest BCUT2D eigenvalue weighted by Gasteiger charge is -2.18. The molecule has 3 amide bonds. The average molecular weight is 659 g/mol. The summed E-state index contributed by atoms with van der Waals surface area (Å²) in [6, 6.07) is 37.4. The number of carbonyl (C=O) groups is 3. The third kappa shape index (κ3) is 8.95. The van der Waals surface area contributed by atoms with Gasteiger partial charge in [-0.2, -0.15) is 0 Å². The number of rotatable bonds is 12. The van der Waals surface area contributed by atoms with Crippen LogP contribution in [0, 0.1) is 10.1 Å². The highest BCUT2D eigenvalue weighted by Crippen LogP contribution is 2.37. The van der Waals surface area contributed by atoms with Crippen molar-refractivity contribution >= 4 is 52.6 Å². The van der Waals surface area contributed by atoms with Crippen molar-refractivity contribution < 1.29 is 24.0 Å². The van der Waals surface area contributed by atoms with E-state index < -0.39 is 22.0 Å². The van der Waals surface area contributed by atoms with Crippen LogP contribution in [-0.4, -0.2) is 29.8 Å². The summed E-state index contributed by atoms with van der Waals surface area (Å²) < 4.78 is 5.21. The summed E-state index contributed by atoms with van der Waals surface area (Å²) >= 11 is 1.31. The summed E-state index contributed by atoms with van der Waals surface area (Å²) in [4.78, 5) is 51.5. The Kier molecular flexibility index (Phi) is 11.0. The van der Waals surface area contributed by atoms with Crippen LogP contribution in [0.4, 0.5) is 17.1 Å². The van der Waals surface area contributed by atoms with Crippen molar-refractivity contribution in [2.45, 2.75) is 10.1 Å². The van der Waals surface area contributed by atoms with Gasteiger partial charge in [0.05, 0.1) is 12.0 Å². The molecule has 0 fully saturated rings. The molecular weight excluding hydrogens is 628 g/mol. The van der Waals surface area contributed by atoms with Crippen molar-refractivity contribution in [1.29, 1.82) is 0 Å². The Bertz CT molecular complexity index is 1930. The molecule has 0 aliphatic rings. The Balaban J connectivity index is 1.37. The molecule has 0 bridgehead atoms. The van der Waals surface area contributed by atoms with Crippen LogP contribution in [0.25, 0.3) is 6.08 Å². The summed E-state index contributed by atoms with van der Waals surface area (Å²) in [5.41, 5.74) is 2.48. The van der Waals surface area contributed by atoms with Gasteiger partial charge in [-0.05, 0) is 83.9 Å². The maximum Gasteiger partial charge on any atom is 0.272 e. The van der Waals surface area contributed by atoms with Gasteiger partial charge in [-0.1, -0.05) is 54.6 Å². The quantitative estimate of drug-likeness (QED) is 0.0546. The summed E-state index contributed by atoms with van der Waals surface area (Å²) in [7, 11) is 1.57. The number of amides is 3. The van der Waals surface area contributed by atoms with E-state index in [9.17, 15) is 24.5 Å². The SMILES string of the molecule is COc1ccc(NC(=O)C(Sc2cccc(NC(=O)/C(=C\c3ccc([N+](=O)[O-])cc3)NC(=O)c3ccccc3)c2)c2ccccc2)cc1. The number of ether oxygens (including phenoxy) is 1. The molecule has 10 nitrogen and oxygen atoms in total. The fourth-order valence-electron chi connectivity index (χ4n) is 4.57. The van der Waals surface area contributed by atoms with Gasteiger partial charge in [0, 0.05) is 34.0 Å². The normalized spacial score (nSPS) is 11.6. The van der Waals surface area contributed by atoms with Gasteiger partial charge in [-0.3, -0.25) is 24.5 Å². The minimum Gasteiger partial charge on any atom is -0.497 e. The van der Waals surface area contributed by atoms with Crippen LogP contribution in [0.2, 0.25) is 0 Å². The molecule has 0 saturated carbocycles. The van der Waals surface area contributed by atoms with Crippen LogP contribution in [0.5, 0.6) is 5.75 Å². The highest BCUT2D eigenvalue weighted by molar-refractivity contribution is 8.00. The molecule has 240 valence electrons. The molecule has 1 atom stereocenters. The predicted molar refractivity (Wildman–Crippen MR) is 187 cm³/mol. The van der Waals surface area contributed by atoms with E-state index in [0.717, 1.165) is 5.56 Å². The lowest BCUT2D eigenvalue weighted by atomic mass is 10.1. The second-order valence-electron chi connectivity index (χ2n) is 10.3. The summed E-state index contributed by atoms with van der Waals surface area (Å²) in [5.74, 6) is -0.678. The number of nitrogens with zero attached hydrogens (tertiary/aromatic N) is 1. The fourth-order valence-corrected chi connectivity index (χ4v) is 5.65. The molecule has 0 heterocycles. The van der Waals surface area contributed by atoms with Crippen LogP contribution >= 0.6 is 11.8 Å². The van der Waals surface area contributed by atoms with E-state index in [2.05, 4.69) is 16.0 Å². The van der Waals surface area contributed by atoms with E-state index in [4.69, 9.17) is 4.74 Å². The van der Waals surface area contributed by atoms with E-state index in [1.807, 2.05) is 36.4 Å². The molecule has 5 aromatic carbocycles. The van der Waals surface area contributed by atoms with Crippen molar-refractivity contribution in [3.63, 3.8) is 0 Å². The second-order valence-corrected chi connectivity index (χ2v) is 11.5. The zero-order valence-electron chi connectivity index (χ0n) is 25.7. The topological polar surface area (TPSA) is 140 Å². The van der Waals surface area contributed by atoms with Gasteiger partial charge in [0.2, 0.25) is 5.91 Å². The lowest BCUT2D eigenvalue weighted by Crippen LogP contribution is -2.30. The van der Waals surface area contributed by atoms with Gasteiger partial charge in [0.15, 0.2) is 0 Å². The first kappa shape index (κ1) is 33.2. The predicted octanol–water partition coefficient (Wildman–Crippen LogP) is 7.49. The first-order chi connectivity index (χ1) is 23.3. The van der Waals surface area contributed by atoms with Crippen LogP contribution in [0.1, 0.15) is 26.7 Å². The van der Waals surface area contributed by atoms with Gasteiger partial charge in [-0.15, -0.1) is 11.8 Å². The number of thioether (sulfide) groups is 1. The first-order valence-electron chi connectivity index (χ1n) is 14.7. The van der Waals surface area contributed by atoms with Crippen LogP contribution < -0.4 is 20.7 Å². The minimum absolute atomic E-state index is 0.0724. The van der Waals surface area contributed by atoms with E-state index >= 15 is 0 Å². The van der Waals surface area contributed by atoms with Gasteiger partial charge in [-0.25, -0.2) is 0 Å². The molecule has 0 aliphatic carbocycles. The number of carbonyl (C=O) groups excluding carboxylic acids is 3. The molecule has 0 aliphatic heterocycles. The Morgan fingerprint density at radius 3 is 2.08 bits per heavy atom. The number of benzene rings is 5. The van der Waals surface area contributed by atoms with Gasteiger partial charge < -0.3 is 20.7 Å². The maximum atomic E-state index is 13.6. The van der Waals surface area contributed by atoms with Crippen molar-refractivity contribution in [1.82, 2.24) is 5.32 Å². The molecule has 1 unspecified atom stereocenters. The molecule has 11 heteroatoms. The molecule has 0 saturated heterocycles. The number of methoxy groups -OCH3 is 1. The zero-order valence-corrected chi connectivity index (χ0v) is 26.5. The summed E-state index contributed by atoms with van der Waals surface area (Å²) in [6.45, 7) is 0. The fraction of sp³-hybridized carbons (Fsp3) is 0.0541. The third-order valence-corrected chi connectivity index (χ3v) is 8.24. The van der Waals surface area contributed by atoms with E-state index in [1.54, 1.807) is 79.9 Å². The van der Waals surface area contributed by atoms with Crippen LogP contribution in [0.15, 0.2) is 144 Å².